The fraction of sp³-hybridized carbons (Fsp3) is 0.0435. The highest BCUT2D eigenvalue weighted by Gasteiger charge is 2.20. The van der Waals surface area contributed by atoms with Crippen molar-refractivity contribution < 1.29 is 4.39 Å². The van der Waals surface area contributed by atoms with Crippen LogP contribution in [0.4, 0.5) is 4.39 Å². The van der Waals surface area contributed by atoms with Crippen molar-refractivity contribution in [3.63, 3.8) is 0 Å². The predicted octanol–water partition coefficient (Wildman–Crippen LogP) is 6.55. The van der Waals surface area contributed by atoms with E-state index in [0.717, 1.165) is 16.0 Å². The number of hydrogen-bond donors (Lipinski definition) is 0. The van der Waals surface area contributed by atoms with E-state index in [4.69, 9.17) is 23.8 Å². The molecule has 0 fully saturated rings. The molecule has 0 saturated carbocycles. The Hall–Kier alpha value is -2.80. The van der Waals surface area contributed by atoms with Crippen LogP contribution >= 0.6 is 35.2 Å². The van der Waals surface area contributed by atoms with Gasteiger partial charge in [-0.2, -0.15) is 0 Å². The Balaban J connectivity index is 1.94. The van der Waals surface area contributed by atoms with Crippen LogP contribution in [0.5, 0.6) is 0 Å². The van der Waals surface area contributed by atoms with Gasteiger partial charge in [0.2, 0.25) is 0 Å². The van der Waals surface area contributed by atoms with Crippen LogP contribution in [0.2, 0.25) is 5.02 Å². The van der Waals surface area contributed by atoms with Gasteiger partial charge in [0.05, 0.1) is 22.3 Å². The Labute approximate surface area is 185 Å². The van der Waals surface area contributed by atoms with Crippen molar-refractivity contribution in [3.05, 3.63) is 104 Å². The summed E-state index contributed by atoms with van der Waals surface area (Å²) in [7, 11) is 0. The molecule has 30 heavy (non-hydrogen) atoms. The largest absolute Gasteiger partial charge is 0.288 e. The van der Waals surface area contributed by atoms with Crippen LogP contribution in [-0.2, 0) is 6.54 Å². The molecule has 0 aliphatic carbocycles. The lowest BCUT2D eigenvalue weighted by Gasteiger charge is -2.14. The van der Waals surface area contributed by atoms with Gasteiger partial charge >= 0.3 is 0 Å². The molecule has 2 aromatic heterocycles. The Morgan fingerprint density at radius 2 is 1.70 bits per heavy atom. The second kappa shape index (κ2) is 7.47. The van der Waals surface area contributed by atoms with Crippen molar-refractivity contribution in [1.29, 1.82) is 0 Å². The number of fused-ring (bicyclic) bond motifs is 3. The van der Waals surface area contributed by atoms with E-state index in [-0.39, 0.29) is 22.7 Å². The highest BCUT2D eigenvalue weighted by molar-refractivity contribution is 7.73. The number of para-hydroxylation sites is 1. The molecule has 0 N–H and O–H groups in total. The Morgan fingerprint density at radius 3 is 2.47 bits per heavy atom. The van der Waals surface area contributed by atoms with Crippen molar-refractivity contribution in [2.75, 3.05) is 0 Å². The summed E-state index contributed by atoms with van der Waals surface area (Å²) in [5, 5.41) is 0.800. The smallest absolute Gasteiger partial charge is 0.261 e. The maximum Gasteiger partial charge on any atom is 0.261 e. The van der Waals surface area contributed by atoms with Crippen molar-refractivity contribution >= 4 is 51.7 Å². The maximum absolute atomic E-state index is 14.6. The van der Waals surface area contributed by atoms with Gasteiger partial charge < -0.3 is 0 Å². The fourth-order valence-corrected chi connectivity index (χ4v) is 5.33. The lowest BCUT2D eigenvalue weighted by atomic mass is 10.1. The SMILES string of the molecule is O=c1c2ccccc2n2c(=S)sc(-c3ccccc3)c2n1Cc1c(F)cccc1Cl. The molecule has 5 rings (SSSR count). The third-order valence-corrected chi connectivity index (χ3v) is 6.84. The van der Waals surface area contributed by atoms with Gasteiger partial charge in [-0.15, -0.1) is 11.3 Å². The molecule has 0 aliphatic rings. The van der Waals surface area contributed by atoms with E-state index in [1.807, 2.05) is 52.9 Å². The van der Waals surface area contributed by atoms with Gasteiger partial charge in [0.1, 0.15) is 11.5 Å². The van der Waals surface area contributed by atoms with E-state index < -0.39 is 5.82 Å². The Kier molecular flexibility index (Phi) is 4.77. The average molecular weight is 453 g/mol. The second-order valence-corrected chi connectivity index (χ2v) is 8.88. The molecule has 0 atom stereocenters. The number of aromatic nitrogens is 2. The van der Waals surface area contributed by atoms with Crippen LogP contribution in [0.3, 0.4) is 0 Å². The molecule has 0 bridgehead atoms. The minimum atomic E-state index is -0.448. The quantitative estimate of drug-likeness (QED) is 0.290. The zero-order chi connectivity index (χ0) is 20.8. The molecule has 0 aliphatic heterocycles. The molecule has 3 aromatic carbocycles. The molecule has 0 radical (unpaired) electrons. The zero-order valence-corrected chi connectivity index (χ0v) is 17.9. The van der Waals surface area contributed by atoms with Crippen LogP contribution < -0.4 is 5.56 Å². The summed E-state index contributed by atoms with van der Waals surface area (Å²) in [6.07, 6.45) is 0. The number of benzene rings is 3. The van der Waals surface area contributed by atoms with Gasteiger partial charge in [0.25, 0.3) is 5.56 Å². The van der Waals surface area contributed by atoms with E-state index in [1.165, 1.54) is 17.4 Å². The molecule has 0 saturated heterocycles. The molecule has 7 heteroatoms. The van der Waals surface area contributed by atoms with Crippen LogP contribution in [0, 0.1) is 9.77 Å². The summed E-state index contributed by atoms with van der Waals surface area (Å²) in [6, 6.07) is 21.6. The van der Waals surface area contributed by atoms with Crippen molar-refractivity contribution in [2.45, 2.75) is 6.54 Å². The van der Waals surface area contributed by atoms with Gasteiger partial charge in [0, 0.05) is 10.6 Å². The van der Waals surface area contributed by atoms with Crippen LogP contribution in [0.15, 0.2) is 77.6 Å². The molecular formula is C23H14ClFN2OS2. The predicted molar refractivity (Wildman–Crippen MR) is 124 cm³/mol. The zero-order valence-electron chi connectivity index (χ0n) is 15.5. The molecule has 3 nitrogen and oxygen atoms in total. The summed E-state index contributed by atoms with van der Waals surface area (Å²) >= 11 is 13.4. The standard InChI is InChI=1S/C23H14ClFN2OS2/c24-17-10-6-11-18(25)16(17)13-26-21-20(14-7-2-1-3-8-14)30-23(29)27(21)19-12-5-4-9-15(19)22(26)28/h1-12H,13H2. The third-order valence-electron chi connectivity index (χ3n) is 5.08. The number of halogens is 2. The highest BCUT2D eigenvalue weighted by Crippen LogP contribution is 2.33. The molecule has 0 amide bonds. The summed E-state index contributed by atoms with van der Waals surface area (Å²) < 4.78 is 18.7. The second-order valence-electron chi connectivity index (χ2n) is 6.83. The van der Waals surface area contributed by atoms with E-state index in [0.29, 0.717) is 15.0 Å². The normalized spacial score (nSPS) is 11.4. The highest BCUT2D eigenvalue weighted by atomic mass is 35.5. The van der Waals surface area contributed by atoms with Gasteiger partial charge in [0.15, 0.2) is 3.95 Å². The average Bonchev–Trinajstić information content (AvgIpc) is 3.11. The number of hydrogen-bond acceptors (Lipinski definition) is 3. The number of thiazole rings is 1. The number of rotatable bonds is 3. The Bertz CT molecular complexity index is 1520. The molecule has 5 aromatic rings. The Morgan fingerprint density at radius 1 is 0.967 bits per heavy atom. The van der Waals surface area contributed by atoms with Crippen LogP contribution in [0.25, 0.3) is 27.0 Å². The summed E-state index contributed by atoms with van der Waals surface area (Å²) in [4.78, 5) is 14.4. The fourth-order valence-electron chi connectivity index (χ4n) is 3.68. The lowest BCUT2D eigenvalue weighted by Crippen LogP contribution is -2.24. The van der Waals surface area contributed by atoms with Crippen LogP contribution in [0.1, 0.15) is 5.56 Å². The monoisotopic (exact) mass is 452 g/mol. The van der Waals surface area contributed by atoms with E-state index in [1.54, 1.807) is 22.8 Å². The minimum absolute atomic E-state index is 0.00398. The van der Waals surface area contributed by atoms with Gasteiger partial charge in [-0.1, -0.05) is 60.1 Å². The van der Waals surface area contributed by atoms with Crippen molar-refractivity contribution in [2.24, 2.45) is 0 Å². The first kappa shape index (κ1) is 19.2. The van der Waals surface area contributed by atoms with Crippen LogP contribution in [-0.4, -0.2) is 8.97 Å². The first-order valence-corrected chi connectivity index (χ1v) is 10.8. The minimum Gasteiger partial charge on any atom is -0.288 e. The molecule has 2 heterocycles. The topological polar surface area (TPSA) is 26.4 Å². The first-order chi connectivity index (χ1) is 14.6. The summed E-state index contributed by atoms with van der Waals surface area (Å²) in [6.45, 7) is 0.00398. The van der Waals surface area contributed by atoms with E-state index in [9.17, 15) is 9.18 Å². The van der Waals surface area contributed by atoms with Gasteiger partial charge in [-0.05, 0) is 42.0 Å². The van der Waals surface area contributed by atoms with E-state index >= 15 is 0 Å². The number of nitrogens with zero attached hydrogens (tertiary/aromatic N) is 2. The first-order valence-electron chi connectivity index (χ1n) is 9.21. The summed E-state index contributed by atoms with van der Waals surface area (Å²) in [5.41, 5.74) is 2.37. The maximum atomic E-state index is 14.6. The lowest BCUT2D eigenvalue weighted by molar-refractivity contribution is 0.599. The molecule has 0 spiro atoms. The van der Waals surface area contributed by atoms with Crippen molar-refractivity contribution in [1.82, 2.24) is 8.97 Å². The van der Waals surface area contributed by atoms with Gasteiger partial charge in [-0.3, -0.25) is 13.8 Å². The molecule has 0 unspecified atom stereocenters. The van der Waals surface area contributed by atoms with E-state index in [2.05, 4.69) is 0 Å². The van der Waals surface area contributed by atoms with Crippen molar-refractivity contribution in [3.8, 4) is 10.4 Å². The molecule has 148 valence electrons. The molecular weight excluding hydrogens is 439 g/mol. The third kappa shape index (κ3) is 2.99. The summed E-state index contributed by atoms with van der Waals surface area (Å²) in [5.74, 6) is -0.448. The van der Waals surface area contributed by atoms with Gasteiger partial charge in [-0.25, -0.2) is 4.39 Å².